The van der Waals surface area contributed by atoms with E-state index in [2.05, 4.69) is 21.8 Å². The number of sulfonamides is 1. The Labute approximate surface area is 175 Å². The highest BCUT2D eigenvalue weighted by Crippen LogP contribution is 2.28. The molecule has 0 bridgehead atoms. The highest BCUT2D eigenvalue weighted by atomic mass is 32.2. The van der Waals surface area contributed by atoms with Gasteiger partial charge in [-0.05, 0) is 47.9 Å². The van der Waals surface area contributed by atoms with Gasteiger partial charge in [0, 0.05) is 38.6 Å². The van der Waals surface area contributed by atoms with Crippen molar-refractivity contribution in [2.75, 3.05) is 13.1 Å². The van der Waals surface area contributed by atoms with Gasteiger partial charge in [-0.1, -0.05) is 24.3 Å². The number of aromatic nitrogens is 1. The summed E-state index contributed by atoms with van der Waals surface area (Å²) in [6.45, 7) is 1.49. The summed E-state index contributed by atoms with van der Waals surface area (Å²) in [7, 11) is -2.31. The Balaban J connectivity index is 1.60. The number of halogens is 2. The van der Waals surface area contributed by atoms with E-state index in [9.17, 15) is 17.2 Å². The van der Waals surface area contributed by atoms with Gasteiger partial charge in [0.2, 0.25) is 10.0 Å². The summed E-state index contributed by atoms with van der Waals surface area (Å²) in [5.74, 6) is -1.78. The Morgan fingerprint density at radius 2 is 1.83 bits per heavy atom. The number of nitrogens with zero attached hydrogens (tertiary/aromatic N) is 2. The van der Waals surface area contributed by atoms with E-state index in [0.29, 0.717) is 12.6 Å². The monoisotopic (exact) mass is 431 g/mol. The van der Waals surface area contributed by atoms with Crippen molar-refractivity contribution >= 4 is 10.0 Å². The molecule has 4 rings (SSSR count). The lowest BCUT2D eigenvalue weighted by Gasteiger charge is -2.36. The van der Waals surface area contributed by atoms with Crippen LogP contribution in [0.4, 0.5) is 8.78 Å². The maximum atomic E-state index is 14.0. The van der Waals surface area contributed by atoms with E-state index in [1.807, 2.05) is 42.1 Å². The maximum absolute atomic E-state index is 14.0. The van der Waals surface area contributed by atoms with Gasteiger partial charge in [-0.3, -0.25) is 4.90 Å². The van der Waals surface area contributed by atoms with Gasteiger partial charge < -0.3 is 4.57 Å². The average Bonchev–Trinajstić information content (AvgIpc) is 3.15. The fraction of sp³-hybridized carbons (Fsp3) is 0.273. The molecule has 2 aromatic carbocycles. The van der Waals surface area contributed by atoms with Gasteiger partial charge in [0.25, 0.3) is 0 Å². The third-order valence-corrected chi connectivity index (χ3v) is 7.01. The predicted octanol–water partition coefficient (Wildman–Crippen LogP) is 3.38. The van der Waals surface area contributed by atoms with E-state index in [-0.39, 0.29) is 12.6 Å². The van der Waals surface area contributed by atoms with Gasteiger partial charge in [-0.15, -0.1) is 0 Å². The molecular weight excluding hydrogens is 408 g/mol. The Morgan fingerprint density at radius 1 is 1.07 bits per heavy atom. The van der Waals surface area contributed by atoms with E-state index < -0.39 is 26.6 Å². The molecule has 158 valence electrons. The van der Waals surface area contributed by atoms with Crippen LogP contribution in [-0.4, -0.2) is 31.0 Å². The molecule has 1 N–H and O–H groups in total. The minimum atomic E-state index is -4.21. The van der Waals surface area contributed by atoms with Gasteiger partial charge >= 0.3 is 0 Å². The SMILES string of the molecule is Cn1cccc1[C@@H](CNS(=O)(=O)c1cc(F)ccc1F)N1CCc2ccccc2C1. The first-order valence-electron chi connectivity index (χ1n) is 9.72. The Morgan fingerprint density at radius 3 is 2.57 bits per heavy atom. The van der Waals surface area contributed by atoms with Crippen molar-refractivity contribution in [2.24, 2.45) is 7.05 Å². The number of nitrogens with one attached hydrogen (secondary N) is 1. The molecule has 1 aliphatic heterocycles. The predicted molar refractivity (Wildman–Crippen MR) is 110 cm³/mol. The molecule has 0 spiro atoms. The van der Waals surface area contributed by atoms with Crippen LogP contribution in [0.3, 0.4) is 0 Å². The zero-order chi connectivity index (χ0) is 21.3. The topological polar surface area (TPSA) is 54.3 Å². The molecule has 3 aromatic rings. The summed E-state index contributed by atoms with van der Waals surface area (Å²) < 4.78 is 57.4. The lowest BCUT2D eigenvalue weighted by molar-refractivity contribution is 0.174. The summed E-state index contributed by atoms with van der Waals surface area (Å²) >= 11 is 0. The van der Waals surface area contributed by atoms with E-state index in [4.69, 9.17) is 0 Å². The van der Waals surface area contributed by atoms with Crippen LogP contribution < -0.4 is 4.72 Å². The number of hydrogen-bond donors (Lipinski definition) is 1. The molecule has 5 nitrogen and oxygen atoms in total. The Bertz CT molecular complexity index is 1160. The van der Waals surface area contributed by atoms with Crippen LogP contribution in [-0.2, 0) is 30.0 Å². The number of aryl methyl sites for hydroxylation is 1. The van der Waals surface area contributed by atoms with Crippen LogP contribution in [0.1, 0.15) is 22.9 Å². The quantitative estimate of drug-likeness (QED) is 0.651. The molecule has 0 aliphatic carbocycles. The maximum Gasteiger partial charge on any atom is 0.243 e. The lowest BCUT2D eigenvalue weighted by Crippen LogP contribution is -2.41. The molecule has 8 heteroatoms. The smallest absolute Gasteiger partial charge is 0.243 e. The van der Waals surface area contributed by atoms with Crippen LogP contribution in [0.2, 0.25) is 0 Å². The lowest BCUT2D eigenvalue weighted by atomic mass is 9.98. The van der Waals surface area contributed by atoms with Crippen molar-refractivity contribution in [1.29, 1.82) is 0 Å². The third kappa shape index (κ3) is 4.16. The summed E-state index contributed by atoms with van der Waals surface area (Å²) in [5.41, 5.74) is 3.44. The first-order chi connectivity index (χ1) is 14.3. The van der Waals surface area contributed by atoms with Crippen molar-refractivity contribution in [3.8, 4) is 0 Å². The van der Waals surface area contributed by atoms with Gasteiger partial charge in [0.15, 0.2) is 0 Å². The fourth-order valence-corrected chi connectivity index (χ4v) is 5.10. The molecule has 1 aromatic heterocycles. The zero-order valence-electron chi connectivity index (χ0n) is 16.6. The Hall–Kier alpha value is -2.55. The number of hydrogen-bond acceptors (Lipinski definition) is 3. The van der Waals surface area contributed by atoms with Crippen molar-refractivity contribution < 1.29 is 17.2 Å². The van der Waals surface area contributed by atoms with E-state index in [0.717, 1.165) is 30.8 Å². The third-order valence-electron chi connectivity index (χ3n) is 5.58. The average molecular weight is 432 g/mol. The second-order valence-electron chi connectivity index (χ2n) is 7.48. The molecule has 1 aliphatic rings. The molecule has 30 heavy (non-hydrogen) atoms. The van der Waals surface area contributed by atoms with E-state index in [1.54, 1.807) is 0 Å². The van der Waals surface area contributed by atoms with Gasteiger partial charge in [0.05, 0.1) is 6.04 Å². The molecule has 1 atom stereocenters. The number of benzene rings is 2. The summed E-state index contributed by atoms with van der Waals surface area (Å²) in [5, 5.41) is 0. The highest BCUT2D eigenvalue weighted by Gasteiger charge is 2.29. The fourth-order valence-electron chi connectivity index (χ4n) is 3.97. The highest BCUT2D eigenvalue weighted by molar-refractivity contribution is 7.89. The van der Waals surface area contributed by atoms with Crippen molar-refractivity contribution in [2.45, 2.75) is 23.9 Å². The van der Waals surface area contributed by atoms with Crippen LogP contribution >= 0.6 is 0 Å². The van der Waals surface area contributed by atoms with E-state index >= 15 is 0 Å². The first kappa shape index (κ1) is 20.7. The molecule has 0 radical (unpaired) electrons. The molecule has 0 fully saturated rings. The summed E-state index contributed by atoms with van der Waals surface area (Å²) in [4.78, 5) is 1.53. The van der Waals surface area contributed by atoms with E-state index in [1.165, 1.54) is 11.1 Å². The van der Waals surface area contributed by atoms with Crippen molar-refractivity contribution in [1.82, 2.24) is 14.2 Å². The van der Waals surface area contributed by atoms with Crippen LogP contribution in [0.15, 0.2) is 65.7 Å². The molecule has 0 unspecified atom stereocenters. The minimum Gasteiger partial charge on any atom is -0.353 e. The number of fused-ring (bicyclic) bond motifs is 1. The molecule has 2 heterocycles. The van der Waals surface area contributed by atoms with Crippen LogP contribution in [0.25, 0.3) is 0 Å². The number of rotatable bonds is 6. The standard InChI is InChI=1S/C22H23F2N3O2S/c1-26-11-4-7-20(26)21(27-12-10-16-5-2-3-6-17(16)15-27)14-25-30(28,29)22-13-18(23)8-9-19(22)24/h2-9,11,13,21,25H,10,12,14-15H2,1H3/t21-/m1/s1. The Kier molecular flexibility index (Phi) is 5.73. The first-order valence-corrected chi connectivity index (χ1v) is 11.2. The normalized spacial score (nSPS) is 15.7. The van der Waals surface area contributed by atoms with Crippen molar-refractivity contribution in [3.05, 3.63) is 89.2 Å². The van der Waals surface area contributed by atoms with Crippen molar-refractivity contribution in [3.63, 3.8) is 0 Å². The van der Waals surface area contributed by atoms with Crippen LogP contribution in [0, 0.1) is 11.6 Å². The summed E-state index contributed by atoms with van der Waals surface area (Å²) in [6.07, 6.45) is 2.77. The molecule has 0 amide bonds. The van der Waals surface area contributed by atoms with Crippen LogP contribution in [0.5, 0.6) is 0 Å². The van der Waals surface area contributed by atoms with Gasteiger partial charge in [-0.2, -0.15) is 0 Å². The molecule has 0 saturated heterocycles. The van der Waals surface area contributed by atoms with Gasteiger partial charge in [-0.25, -0.2) is 21.9 Å². The molecule has 0 saturated carbocycles. The minimum absolute atomic E-state index is 0.0400. The zero-order valence-corrected chi connectivity index (χ0v) is 17.4. The van der Waals surface area contributed by atoms with Gasteiger partial charge in [0.1, 0.15) is 16.5 Å². The second-order valence-corrected chi connectivity index (χ2v) is 9.21. The molecular formula is C22H23F2N3O2S. The second kappa shape index (κ2) is 8.29. The largest absolute Gasteiger partial charge is 0.353 e. The summed E-state index contributed by atoms with van der Waals surface area (Å²) in [6, 6.07) is 14.2.